The average Bonchev–Trinajstić information content (AvgIpc) is 3.41. The van der Waals surface area contributed by atoms with Crippen LogP contribution in [0.1, 0.15) is 29.8 Å². The number of likely N-dealkylation sites (tertiary alicyclic amines) is 1. The van der Waals surface area contributed by atoms with Gasteiger partial charge in [0.15, 0.2) is 5.69 Å². The number of piperidine rings is 1. The molecule has 2 heterocycles. The highest BCUT2D eigenvalue weighted by molar-refractivity contribution is 7.17. The topological polar surface area (TPSA) is 94.8 Å². The van der Waals surface area contributed by atoms with Crippen LogP contribution in [-0.4, -0.2) is 54.1 Å². The Morgan fingerprint density at radius 3 is 2.90 bits per heavy atom. The summed E-state index contributed by atoms with van der Waals surface area (Å²) in [5.74, 6) is -0.609. The molecular formula is C20H22ClN3O4S. The number of benzene rings is 1. The largest absolute Gasteiger partial charge is 0.468 e. The Morgan fingerprint density at radius 1 is 1.34 bits per heavy atom. The fourth-order valence-electron chi connectivity index (χ4n) is 4.31. The molecule has 2 amide bonds. The Balaban J connectivity index is 1.71. The maximum absolute atomic E-state index is 13.5. The molecule has 0 unspecified atom stereocenters. The Kier molecular flexibility index (Phi) is 5.76. The number of nitrogens with two attached hydrogens (primary N) is 1. The lowest BCUT2D eigenvalue weighted by atomic mass is 9.97. The molecule has 29 heavy (non-hydrogen) atoms. The van der Waals surface area contributed by atoms with E-state index in [0.717, 1.165) is 24.8 Å². The first-order valence-corrected chi connectivity index (χ1v) is 10.7. The number of rotatable bonds is 7. The molecule has 1 aromatic heterocycles. The number of carbonyl (C=O) groups excluding carboxylic acids is 2. The van der Waals surface area contributed by atoms with Gasteiger partial charge < -0.3 is 20.1 Å². The predicted molar refractivity (Wildman–Crippen MR) is 110 cm³/mol. The fourth-order valence-corrected chi connectivity index (χ4v) is 5.43. The number of fused-ring (bicyclic) bond motifs is 2. The van der Waals surface area contributed by atoms with Crippen LogP contribution in [0.2, 0.25) is 5.02 Å². The molecule has 1 aliphatic heterocycles. The van der Waals surface area contributed by atoms with Crippen LogP contribution in [-0.2, 0) is 9.53 Å². The summed E-state index contributed by atoms with van der Waals surface area (Å²) in [4.78, 5) is 32.4. The van der Waals surface area contributed by atoms with Crippen molar-refractivity contribution in [2.24, 2.45) is 11.7 Å². The second kappa shape index (κ2) is 8.30. The van der Waals surface area contributed by atoms with Gasteiger partial charge in [-0.05, 0) is 42.9 Å². The number of methoxy groups -OCH3 is 1. The van der Waals surface area contributed by atoms with Crippen molar-refractivity contribution in [3.63, 3.8) is 0 Å². The summed E-state index contributed by atoms with van der Waals surface area (Å²) >= 11 is 7.44. The summed E-state index contributed by atoms with van der Waals surface area (Å²) in [5.41, 5.74) is 6.68. The lowest BCUT2D eigenvalue weighted by Crippen LogP contribution is -2.51. The van der Waals surface area contributed by atoms with Crippen molar-refractivity contribution in [1.29, 1.82) is 0 Å². The lowest BCUT2D eigenvalue weighted by molar-refractivity contribution is -0.123. The summed E-state index contributed by atoms with van der Waals surface area (Å²) in [6.45, 7) is 0.736. The van der Waals surface area contributed by atoms with Crippen LogP contribution in [0.15, 0.2) is 24.3 Å². The summed E-state index contributed by atoms with van der Waals surface area (Å²) in [5, 5.41) is 0.937. The molecule has 4 rings (SSSR count). The van der Waals surface area contributed by atoms with E-state index in [2.05, 4.69) is 4.98 Å². The van der Waals surface area contributed by atoms with E-state index >= 15 is 0 Å². The number of ether oxygens (including phenoxy) is 2. The third kappa shape index (κ3) is 3.84. The van der Waals surface area contributed by atoms with Crippen molar-refractivity contribution >= 4 is 34.8 Å². The van der Waals surface area contributed by atoms with Gasteiger partial charge in [0, 0.05) is 18.2 Å². The number of primary amides is 1. The van der Waals surface area contributed by atoms with Crippen LogP contribution >= 0.6 is 22.9 Å². The van der Waals surface area contributed by atoms with E-state index in [1.54, 1.807) is 24.1 Å². The highest BCUT2D eigenvalue weighted by atomic mass is 35.5. The molecule has 2 bridgehead atoms. The summed E-state index contributed by atoms with van der Waals surface area (Å²) < 4.78 is 10.7. The smallest absolute Gasteiger partial charge is 0.275 e. The first-order valence-electron chi connectivity index (χ1n) is 9.50. The van der Waals surface area contributed by atoms with E-state index in [1.165, 1.54) is 11.3 Å². The van der Waals surface area contributed by atoms with Gasteiger partial charge in [0.25, 0.3) is 11.1 Å². The number of nitrogens with zero attached hydrogens (tertiary/aromatic N) is 2. The predicted octanol–water partition coefficient (Wildman–Crippen LogP) is 2.97. The Hall–Kier alpha value is -2.16. The molecule has 0 radical (unpaired) electrons. The quantitative estimate of drug-likeness (QED) is 0.674. The highest BCUT2D eigenvalue weighted by Gasteiger charge is 2.51. The SMILES string of the molecule is COCCOc1nc(C(=O)N2[C@H]3CC[C@@H](C3)[C@@H]2C(N)=O)c(-c2cccc(Cl)c2)s1. The number of aromatic nitrogens is 1. The zero-order valence-electron chi connectivity index (χ0n) is 16.0. The molecule has 1 saturated carbocycles. The normalized spacial score (nSPS) is 22.8. The van der Waals surface area contributed by atoms with E-state index < -0.39 is 11.9 Å². The minimum Gasteiger partial charge on any atom is -0.468 e. The van der Waals surface area contributed by atoms with Gasteiger partial charge in [-0.15, -0.1) is 0 Å². The lowest BCUT2D eigenvalue weighted by Gasteiger charge is -2.33. The van der Waals surface area contributed by atoms with Gasteiger partial charge in [0.05, 0.1) is 11.5 Å². The molecule has 1 aliphatic carbocycles. The summed E-state index contributed by atoms with van der Waals surface area (Å²) in [6.07, 6.45) is 2.62. The third-order valence-electron chi connectivity index (χ3n) is 5.52. The molecule has 1 saturated heterocycles. The number of hydrogen-bond acceptors (Lipinski definition) is 6. The van der Waals surface area contributed by atoms with Crippen molar-refractivity contribution in [2.75, 3.05) is 20.3 Å². The minimum absolute atomic E-state index is 0.0248. The van der Waals surface area contributed by atoms with E-state index in [-0.39, 0.29) is 23.6 Å². The van der Waals surface area contributed by atoms with Gasteiger partial charge in [-0.1, -0.05) is 35.1 Å². The zero-order chi connectivity index (χ0) is 20.5. The maximum atomic E-state index is 13.5. The molecule has 0 spiro atoms. The Bertz CT molecular complexity index is 934. The molecular weight excluding hydrogens is 414 g/mol. The first-order chi connectivity index (χ1) is 14.0. The van der Waals surface area contributed by atoms with Crippen molar-refractivity contribution in [3.05, 3.63) is 35.0 Å². The molecule has 2 aromatic rings. The number of hydrogen-bond donors (Lipinski definition) is 1. The van der Waals surface area contributed by atoms with Crippen molar-refractivity contribution in [2.45, 2.75) is 31.3 Å². The summed E-state index contributed by atoms with van der Waals surface area (Å²) in [7, 11) is 1.59. The molecule has 3 atom stereocenters. The third-order valence-corrected chi connectivity index (χ3v) is 6.77. The van der Waals surface area contributed by atoms with Crippen LogP contribution in [0.5, 0.6) is 5.19 Å². The molecule has 2 fully saturated rings. The molecule has 2 aliphatic rings. The van der Waals surface area contributed by atoms with Crippen LogP contribution < -0.4 is 10.5 Å². The van der Waals surface area contributed by atoms with Crippen molar-refractivity contribution in [1.82, 2.24) is 9.88 Å². The van der Waals surface area contributed by atoms with Crippen LogP contribution in [0.25, 0.3) is 10.4 Å². The highest BCUT2D eigenvalue weighted by Crippen LogP contribution is 2.44. The van der Waals surface area contributed by atoms with Gasteiger partial charge in [-0.3, -0.25) is 9.59 Å². The number of amides is 2. The van der Waals surface area contributed by atoms with Gasteiger partial charge in [0.2, 0.25) is 5.91 Å². The van der Waals surface area contributed by atoms with Crippen molar-refractivity contribution in [3.8, 4) is 15.6 Å². The standard InChI is InChI=1S/C20H22ClN3O4S/c1-27-7-8-28-20-23-15(17(29-20)12-3-2-4-13(21)9-12)19(26)24-14-6-5-11(10-14)16(24)18(22)25/h2-4,9,11,14,16H,5-8,10H2,1H3,(H2,22,25)/t11-,14-,16+/m0/s1. The zero-order valence-corrected chi connectivity index (χ0v) is 17.5. The first kappa shape index (κ1) is 20.1. The molecule has 1 aromatic carbocycles. The van der Waals surface area contributed by atoms with Gasteiger partial charge in [0.1, 0.15) is 12.6 Å². The molecule has 2 N–H and O–H groups in total. The van der Waals surface area contributed by atoms with Crippen LogP contribution in [0.3, 0.4) is 0 Å². The van der Waals surface area contributed by atoms with Crippen molar-refractivity contribution < 1.29 is 19.1 Å². The van der Waals surface area contributed by atoms with Gasteiger partial charge >= 0.3 is 0 Å². The van der Waals surface area contributed by atoms with Crippen LogP contribution in [0.4, 0.5) is 0 Å². The Labute approximate surface area is 177 Å². The monoisotopic (exact) mass is 435 g/mol. The Morgan fingerprint density at radius 2 is 2.17 bits per heavy atom. The van der Waals surface area contributed by atoms with E-state index in [1.807, 2.05) is 12.1 Å². The maximum Gasteiger partial charge on any atom is 0.275 e. The molecule has 9 heteroatoms. The number of halogens is 1. The van der Waals surface area contributed by atoms with E-state index in [9.17, 15) is 9.59 Å². The number of carbonyl (C=O) groups is 2. The molecule has 154 valence electrons. The number of thiazole rings is 1. The van der Waals surface area contributed by atoms with Gasteiger partial charge in [-0.25, -0.2) is 0 Å². The second-order valence-corrected chi connectivity index (χ2v) is 8.69. The fraction of sp³-hybridized carbons (Fsp3) is 0.450. The second-order valence-electron chi connectivity index (χ2n) is 7.30. The minimum atomic E-state index is -0.576. The average molecular weight is 436 g/mol. The van der Waals surface area contributed by atoms with E-state index in [4.69, 9.17) is 26.8 Å². The summed E-state index contributed by atoms with van der Waals surface area (Å²) in [6, 6.07) is 6.70. The molecule has 7 nitrogen and oxygen atoms in total. The van der Waals surface area contributed by atoms with E-state index in [0.29, 0.717) is 28.3 Å². The van der Waals surface area contributed by atoms with Gasteiger partial charge in [-0.2, -0.15) is 4.98 Å². The van der Waals surface area contributed by atoms with Crippen LogP contribution in [0, 0.1) is 5.92 Å².